The number of tetrazole rings is 1. The molecule has 2 aromatic carbocycles. The van der Waals surface area contributed by atoms with Crippen LogP contribution in [0.25, 0.3) is 5.69 Å². The molecule has 7 nitrogen and oxygen atoms in total. The zero-order valence-corrected chi connectivity index (χ0v) is 17.5. The highest BCUT2D eigenvalue weighted by Crippen LogP contribution is 2.41. The minimum atomic E-state index is -3.24. The van der Waals surface area contributed by atoms with Gasteiger partial charge in [-0.05, 0) is 53.7 Å². The number of nitrogens with zero attached hydrogens (tertiary/aromatic N) is 5. The third-order valence-corrected chi connectivity index (χ3v) is 7.51. The maximum atomic E-state index is 11.7. The van der Waals surface area contributed by atoms with Crippen LogP contribution in [-0.4, -0.2) is 46.2 Å². The van der Waals surface area contributed by atoms with Gasteiger partial charge < -0.3 is 4.90 Å². The molecule has 0 saturated carbocycles. The number of hydrogen-bond acceptors (Lipinski definition) is 7. The van der Waals surface area contributed by atoms with Gasteiger partial charge in [0.05, 0.1) is 22.8 Å². The fourth-order valence-corrected chi connectivity index (χ4v) is 5.12. The molecule has 28 heavy (non-hydrogen) atoms. The summed E-state index contributed by atoms with van der Waals surface area (Å²) in [5.41, 5.74) is 1.91. The van der Waals surface area contributed by atoms with Crippen molar-refractivity contribution >= 4 is 27.3 Å². The molecule has 0 radical (unpaired) electrons. The van der Waals surface area contributed by atoms with Gasteiger partial charge in [-0.1, -0.05) is 19.1 Å². The lowest BCUT2D eigenvalue weighted by molar-refractivity contribution is 0.592. The summed E-state index contributed by atoms with van der Waals surface area (Å²) >= 11 is 1.88. The van der Waals surface area contributed by atoms with Gasteiger partial charge in [0.15, 0.2) is 15.7 Å². The molecule has 3 aromatic rings. The Bertz CT molecular complexity index is 1100. The molecular weight excluding hydrogens is 394 g/mol. The van der Waals surface area contributed by atoms with Crippen molar-refractivity contribution in [3.8, 4) is 5.69 Å². The number of sulfone groups is 1. The van der Waals surface area contributed by atoms with Crippen molar-refractivity contribution in [2.24, 2.45) is 0 Å². The number of hydrogen-bond donors (Lipinski definition) is 0. The number of aromatic nitrogens is 4. The minimum absolute atomic E-state index is 0.273. The van der Waals surface area contributed by atoms with Crippen LogP contribution in [0, 0.1) is 0 Å². The van der Waals surface area contributed by atoms with Gasteiger partial charge in [0.1, 0.15) is 0 Å². The normalized spacial score (nSPS) is 19.5. The summed E-state index contributed by atoms with van der Waals surface area (Å²) in [5.74, 6) is 0.702. The molecule has 0 N–H and O–H groups in total. The maximum absolute atomic E-state index is 11.7. The van der Waals surface area contributed by atoms with Crippen LogP contribution in [0.1, 0.15) is 19.7 Å². The first-order valence-corrected chi connectivity index (χ1v) is 11.7. The van der Waals surface area contributed by atoms with Crippen molar-refractivity contribution in [3.05, 3.63) is 54.4 Å². The number of para-hydroxylation sites is 1. The van der Waals surface area contributed by atoms with Gasteiger partial charge in [0.25, 0.3) is 0 Å². The monoisotopic (exact) mass is 415 g/mol. The molecular formula is C19H21N5O2S2. The van der Waals surface area contributed by atoms with Gasteiger partial charge in [0, 0.05) is 22.4 Å². The van der Waals surface area contributed by atoms with Crippen LogP contribution in [0.15, 0.2) is 58.3 Å². The number of rotatable bonds is 4. The first-order valence-electron chi connectivity index (χ1n) is 8.94. The molecule has 2 unspecified atom stereocenters. The summed E-state index contributed by atoms with van der Waals surface area (Å²) in [6.45, 7) is 5.00. The van der Waals surface area contributed by atoms with Crippen molar-refractivity contribution in [1.29, 1.82) is 0 Å². The standard InChI is InChI=1S/C19H21N5O2S2/c1-13-14(2)27-18-7-5-4-6-17(18)23(13)12-19-20-21-22-24(19)15-8-10-16(11-9-15)28(3,25)26/h4-11,13-14H,12H2,1-3H3. The zero-order chi connectivity index (χ0) is 19.9. The van der Waals surface area contributed by atoms with Crippen LogP contribution >= 0.6 is 11.8 Å². The predicted molar refractivity (Wildman–Crippen MR) is 110 cm³/mol. The highest BCUT2D eigenvalue weighted by molar-refractivity contribution is 8.00. The third kappa shape index (κ3) is 3.51. The molecule has 0 saturated heterocycles. The Labute approximate surface area is 168 Å². The number of anilines is 1. The van der Waals surface area contributed by atoms with Crippen LogP contribution in [0.3, 0.4) is 0 Å². The Hall–Kier alpha value is -2.39. The molecule has 0 fully saturated rings. The average molecular weight is 416 g/mol. The lowest BCUT2D eigenvalue weighted by atomic mass is 10.1. The van der Waals surface area contributed by atoms with E-state index in [0.717, 1.165) is 5.69 Å². The van der Waals surface area contributed by atoms with E-state index in [9.17, 15) is 8.42 Å². The number of benzene rings is 2. The molecule has 1 aromatic heterocycles. The van der Waals surface area contributed by atoms with Crippen molar-refractivity contribution in [3.63, 3.8) is 0 Å². The lowest BCUT2D eigenvalue weighted by Crippen LogP contribution is -2.42. The molecule has 0 aliphatic carbocycles. The summed E-state index contributed by atoms with van der Waals surface area (Å²) in [5, 5.41) is 12.6. The molecule has 146 valence electrons. The van der Waals surface area contributed by atoms with E-state index in [4.69, 9.17) is 0 Å². The summed E-state index contributed by atoms with van der Waals surface area (Å²) in [7, 11) is -3.24. The number of thioether (sulfide) groups is 1. The van der Waals surface area contributed by atoms with Crippen LogP contribution < -0.4 is 4.90 Å². The van der Waals surface area contributed by atoms with E-state index in [1.807, 2.05) is 17.8 Å². The highest BCUT2D eigenvalue weighted by Gasteiger charge is 2.30. The van der Waals surface area contributed by atoms with E-state index in [1.165, 1.54) is 16.8 Å². The van der Waals surface area contributed by atoms with Crippen LogP contribution in [0.5, 0.6) is 0 Å². The fourth-order valence-electron chi connectivity index (χ4n) is 3.29. The van der Waals surface area contributed by atoms with Gasteiger partial charge in [-0.25, -0.2) is 8.42 Å². The first kappa shape index (κ1) is 18.9. The van der Waals surface area contributed by atoms with Crippen LogP contribution in [-0.2, 0) is 16.4 Å². The second-order valence-electron chi connectivity index (χ2n) is 6.93. The van der Waals surface area contributed by atoms with E-state index in [-0.39, 0.29) is 4.90 Å². The second kappa shape index (κ2) is 7.21. The smallest absolute Gasteiger partial charge is 0.175 e. The van der Waals surface area contributed by atoms with Crippen molar-refractivity contribution in [2.75, 3.05) is 11.2 Å². The highest BCUT2D eigenvalue weighted by atomic mass is 32.2. The van der Waals surface area contributed by atoms with E-state index >= 15 is 0 Å². The summed E-state index contributed by atoms with van der Waals surface area (Å²) in [6.07, 6.45) is 1.19. The van der Waals surface area contributed by atoms with Crippen LogP contribution in [0.2, 0.25) is 0 Å². The van der Waals surface area contributed by atoms with Gasteiger partial charge in [-0.15, -0.1) is 16.9 Å². The third-order valence-electron chi connectivity index (χ3n) is 5.01. The Morgan fingerprint density at radius 2 is 1.79 bits per heavy atom. The largest absolute Gasteiger partial charge is 0.359 e. The molecule has 0 amide bonds. The van der Waals surface area contributed by atoms with E-state index in [0.29, 0.717) is 23.7 Å². The summed E-state index contributed by atoms with van der Waals surface area (Å²) in [4.78, 5) is 3.85. The van der Waals surface area contributed by atoms with Crippen molar-refractivity contribution in [1.82, 2.24) is 20.2 Å². The number of fused-ring (bicyclic) bond motifs is 1. The van der Waals surface area contributed by atoms with Crippen LogP contribution in [0.4, 0.5) is 5.69 Å². The molecule has 1 aliphatic heterocycles. The molecule has 9 heteroatoms. The lowest BCUT2D eigenvalue weighted by Gasteiger charge is -2.40. The quantitative estimate of drug-likeness (QED) is 0.648. The Balaban J connectivity index is 1.67. The zero-order valence-electron chi connectivity index (χ0n) is 15.8. The minimum Gasteiger partial charge on any atom is -0.359 e. The Kier molecular flexibility index (Phi) is 4.88. The van der Waals surface area contributed by atoms with E-state index in [2.05, 4.69) is 52.5 Å². The molecule has 0 spiro atoms. The van der Waals surface area contributed by atoms with Gasteiger partial charge in [-0.2, -0.15) is 4.68 Å². The van der Waals surface area contributed by atoms with Gasteiger partial charge in [-0.3, -0.25) is 0 Å². The first-order chi connectivity index (χ1) is 13.3. The average Bonchev–Trinajstić information content (AvgIpc) is 3.13. The second-order valence-corrected chi connectivity index (χ2v) is 10.4. The summed E-state index contributed by atoms with van der Waals surface area (Å²) < 4.78 is 25.0. The molecule has 0 bridgehead atoms. The fraction of sp³-hybridized carbons (Fsp3) is 0.316. The predicted octanol–water partition coefficient (Wildman–Crippen LogP) is 2.96. The van der Waals surface area contributed by atoms with Crippen molar-refractivity contribution < 1.29 is 8.42 Å². The Morgan fingerprint density at radius 3 is 2.50 bits per heavy atom. The van der Waals surface area contributed by atoms with Gasteiger partial charge in [0.2, 0.25) is 0 Å². The molecule has 2 heterocycles. The van der Waals surface area contributed by atoms with Crippen molar-refractivity contribution in [2.45, 2.75) is 41.5 Å². The Morgan fingerprint density at radius 1 is 1.07 bits per heavy atom. The topological polar surface area (TPSA) is 81.0 Å². The molecule has 1 aliphatic rings. The molecule has 4 rings (SSSR count). The van der Waals surface area contributed by atoms with E-state index in [1.54, 1.807) is 28.9 Å². The SMILES string of the molecule is CC1Sc2ccccc2N(Cc2nnnn2-c2ccc(S(C)(=O)=O)cc2)C1C. The van der Waals surface area contributed by atoms with E-state index < -0.39 is 9.84 Å². The maximum Gasteiger partial charge on any atom is 0.175 e. The van der Waals surface area contributed by atoms with Gasteiger partial charge >= 0.3 is 0 Å². The molecule has 2 atom stereocenters. The summed E-state index contributed by atoms with van der Waals surface area (Å²) in [6, 6.07) is 15.3.